The number of nitrogens with zero attached hydrogens (tertiary/aromatic N) is 4. The van der Waals surface area contributed by atoms with Gasteiger partial charge in [0.1, 0.15) is 0 Å². The number of benzene rings is 1. The minimum Gasteiger partial charge on any atom is -0.300 e. The third-order valence-corrected chi connectivity index (χ3v) is 8.44. The van der Waals surface area contributed by atoms with Crippen LogP contribution in [0.2, 0.25) is 0 Å². The van der Waals surface area contributed by atoms with Crippen LogP contribution in [0.15, 0.2) is 49.5 Å². The van der Waals surface area contributed by atoms with Crippen LogP contribution in [0.4, 0.5) is 5.13 Å². The first kappa shape index (κ1) is 22.4. The van der Waals surface area contributed by atoms with Crippen molar-refractivity contribution in [1.82, 2.24) is 19.7 Å². The molecule has 1 aliphatic rings. The van der Waals surface area contributed by atoms with Gasteiger partial charge >= 0.3 is 0 Å². The lowest BCUT2D eigenvalue weighted by Gasteiger charge is -2.13. The van der Waals surface area contributed by atoms with E-state index in [2.05, 4.69) is 22.4 Å². The predicted molar refractivity (Wildman–Crippen MR) is 129 cm³/mol. The van der Waals surface area contributed by atoms with Gasteiger partial charge in [-0.3, -0.25) is 19.5 Å². The van der Waals surface area contributed by atoms with E-state index in [0.717, 1.165) is 32.7 Å². The normalized spacial score (nSPS) is 15.1. The van der Waals surface area contributed by atoms with Crippen LogP contribution in [0.25, 0.3) is 0 Å². The maximum atomic E-state index is 13.2. The molecule has 1 atom stereocenters. The molecule has 31 heavy (non-hydrogen) atoms. The molecule has 1 aliphatic heterocycles. The van der Waals surface area contributed by atoms with E-state index in [1.807, 2.05) is 37.3 Å². The Morgan fingerprint density at radius 2 is 2.06 bits per heavy atom. The molecule has 2 aromatic heterocycles. The molecule has 0 fully saturated rings. The minimum absolute atomic E-state index is 0.0310. The SMILES string of the molecule is CCSc1nnc(NC(=O)CSc2nc3c(c(=O)n2Cc2ccccc2)SC(C)C3)s1. The number of carbonyl (C=O) groups is 1. The minimum atomic E-state index is -0.196. The fourth-order valence-electron chi connectivity index (χ4n) is 3.07. The lowest BCUT2D eigenvalue weighted by Crippen LogP contribution is -2.26. The molecule has 0 spiro atoms. The van der Waals surface area contributed by atoms with E-state index in [-0.39, 0.29) is 17.2 Å². The number of amides is 1. The second-order valence-electron chi connectivity index (χ2n) is 6.82. The number of aromatic nitrogens is 4. The van der Waals surface area contributed by atoms with Crippen molar-refractivity contribution in [2.45, 2.75) is 46.5 Å². The molecule has 11 heteroatoms. The van der Waals surface area contributed by atoms with E-state index in [0.29, 0.717) is 22.1 Å². The third-order valence-electron chi connectivity index (χ3n) is 4.40. The van der Waals surface area contributed by atoms with Crippen molar-refractivity contribution in [2.24, 2.45) is 0 Å². The summed E-state index contributed by atoms with van der Waals surface area (Å²) in [6.07, 6.45) is 0.768. The number of hydrogen-bond acceptors (Lipinski definition) is 9. The van der Waals surface area contributed by atoms with Gasteiger partial charge in [0.15, 0.2) is 9.50 Å². The number of fused-ring (bicyclic) bond motifs is 1. The standard InChI is InChI=1S/C20H21N5O2S4/c1-3-28-20-24-23-18(31-20)22-15(26)11-29-19-21-14-9-12(2)30-16(14)17(27)25(19)10-13-7-5-4-6-8-13/h4-8,12H,3,9-11H2,1-2H3,(H,22,23,26). The van der Waals surface area contributed by atoms with E-state index >= 15 is 0 Å². The van der Waals surface area contributed by atoms with Crippen LogP contribution >= 0.6 is 46.6 Å². The summed E-state index contributed by atoms with van der Waals surface area (Å²) in [4.78, 5) is 31.2. The van der Waals surface area contributed by atoms with Crippen molar-refractivity contribution in [3.05, 3.63) is 51.9 Å². The molecule has 162 valence electrons. The number of rotatable bonds is 8. The summed E-state index contributed by atoms with van der Waals surface area (Å²) in [6, 6.07) is 9.81. The van der Waals surface area contributed by atoms with Crippen LogP contribution in [0.3, 0.4) is 0 Å². The molecule has 7 nitrogen and oxygen atoms in total. The first-order valence-corrected chi connectivity index (χ1v) is 13.4. The van der Waals surface area contributed by atoms with Gasteiger partial charge in [-0.2, -0.15) is 0 Å². The van der Waals surface area contributed by atoms with Crippen molar-refractivity contribution < 1.29 is 4.79 Å². The highest BCUT2D eigenvalue weighted by molar-refractivity contribution is 8.01. The Morgan fingerprint density at radius 1 is 1.26 bits per heavy atom. The van der Waals surface area contributed by atoms with Gasteiger partial charge in [-0.25, -0.2) is 4.98 Å². The molecule has 1 N–H and O–H groups in total. The molecule has 3 aromatic rings. The summed E-state index contributed by atoms with van der Waals surface area (Å²) in [6.45, 7) is 4.56. The van der Waals surface area contributed by atoms with Crippen LogP contribution < -0.4 is 10.9 Å². The Labute approximate surface area is 196 Å². The summed E-state index contributed by atoms with van der Waals surface area (Å²) in [5.74, 6) is 0.842. The zero-order valence-corrected chi connectivity index (χ0v) is 20.3. The Morgan fingerprint density at radius 3 is 2.84 bits per heavy atom. The van der Waals surface area contributed by atoms with E-state index in [1.54, 1.807) is 28.1 Å². The molecule has 3 heterocycles. The highest BCUT2D eigenvalue weighted by atomic mass is 32.2. The molecule has 4 rings (SSSR count). The number of carbonyl (C=O) groups excluding carboxylic acids is 1. The van der Waals surface area contributed by atoms with Crippen LogP contribution in [0.1, 0.15) is 25.1 Å². The zero-order chi connectivity index (χ0) is 21.8. The molecule has 0 saturated heterocycles. The number of nitrogens with one attached hydrogen (secondary N) is 1. The quantitative estimate of drug-likeness (QED) is 0.287. The topological polar surface area (TPSA) is 89.8 Å². The summed E-state index contributed by atoms with van der Waals surface area (Å²) in [7, 11) is 0. The molecular weight excluding hydrogens is 471 g/mol. The smallest absolute Gasteiger partial charge is 0.268 e. The molecule has 1 aromatic carbocycles. The van der Waals surface area contributed by atoms with Gasteiger partial charge in [-0.15, -0.1) is 22.0 Å². The van der Waals surface area contributed by atoms with Crippen molar-refractivity contribution in [1.29, 1.82) is 0 Å². The maximum Gasteiger partial charge on any atom is 0.268 e. The van der Waals surface area contributed by atoms with Crippen molar-refractivity contribution in [3.8, 4) is 0 Å². The molecule has 0 saturated carbocycles. The molecule has 0 bridgehead atoms. The average molecular weight is 492 g/mol. The van der Waals surface area contributed by atoms with Crippen LogP contribution in [0.5, 0.6) is 0 Å². The van der Waals surface area contributed by atoms with Gasteiger partial charge in [0, 0.05) is 11.7 Å². The average Bonchev–Trinajstić information content (AvgIpc) is 3.35. The third kappa shape index (κ3) is 5.51. The fourth-order valence-corrected chi connectivity index (χ4v) is 6.67. The van der Waals surface area contributed by atoms with Crippen LogP contribution in [-0.4, -0.2) is 42.4 Å². The summed E-state index contributed by atoms with van der Waals surface area (Å²) >= 11 is 5.80. The second kappa shape index (κ2) is 10.2. The number of thioether (sulfide) groups is 3. The van der Waals surface area contributed by atoms with Crippen molar-refractivity contribution in [3.63, 3.8) is 0 Å². The Hall–Kier alpha value is -1.82. The number of hydrogen-bond donors (Lipinski definition) is 1. The summed E-state index contributed by atoms with van der Waals surface area (Å²) < 4.78 is 2.51. The highest BCUT2D eigenvalue weighted by Gasteiger charge is 2.26. The van der Waals surface area contributed by atoms with Gasteiger partial charge in [0.25, 0.3) is 5.56 Å². The zero-order valence-electron chi connectivity index (χ0n) is 17.0. The summed E-state index contributed by atoms with van der Waals surface area (Å²) in [5, 5.41) is 12.2. The van der Waals surface area contributed by atoms with Gasteiger partial charge in [0.2, 0.25) is 11.0 Å². The Bertz CT molecular complexity index is 1130. The van der Waals surface area contributed by atoms with Crippen LogP contribution in [0, 0.1) is 0 Å². The van der Waals surface area contributed by atoms with Crippen molar-refractivity contribution >= 4 is 57.7 Å². The van der Waals surface area contributed by atoms with Gasteiger partial charge in [-0.1, -0.05) is 79.0 Å². The van der Waals surface area contributed by atoms with E-state index in [4.69, 9.17) is 4.98 Å². The molecule has 0 radical (unpaired) electrons. The van der Waals surface area contributed by atoms with Gasteiger partial charge in [-0.05, 0) is 11.3 Å². The molecular formula is C20H21N5O2S4. The fraction of sp³-hybridized carbons (Fsp3) is 0.350. The first-order chi connectivity index (χ1) is 15.0. The monoisotopic (exact) mass is 491 g/mol. The number of anilines is 1. The van der Waals surface area contributed by atoms with E-state index < -0.39 is 0 Å². The first-order valence-electron chi connectivity index (χ1n) is 9.76. The lowest BCUT2D eigenvalue weighted by molar-refractivity contribution is -0.113. The molecule has 1 amide bonds. The van der Waals surface area contributed by atoms with Gasteiger partial charge < -0.3 is 0 Å². The second-order valence-corrected chi connectivity index (χ2v) is 11.7. The van der Waals surface area contributed by atoms with Crippen molar-refractivity contribution in [2.75, 3.05) is 16.8 Å². The highest BCUT2D eigenvalue weighted by Crippen LogP contribution is 2.34. The molecule has 1 unspecified atom stereocenters. The maximum absolute atomic E-state index is 13.2. The predicted octanol–water partition coefficient (Wildman–Crippen LogP) is 4.02. The van der Waals surface area contributed by atoms with E-state index in [1.165, 1.54) is 23.1 Å². The largest absolute Gasteiger partial charge is 0.300 e. The Balaban J connectivity index is 1.52. The summed E-state index contributed by atoms with van der Waals surface area (Å²) in [5.41, 5.74) is 1.82. The van der Waals surface area contributed by atoms with E-state index in [9.17, 15) is 9.59 Å². The Kier molecular flexibility index (Phi) is 7.36. The van der Waals surface area contributed by atoms with Gasteiger partial charge in [0.05, 0.1) is 22.9 Å². The van der Waals surface area contributed by atoms with Crippen LogP contribution in [-0.2, 0) is 17.8 Å². The lowest BCUT2D eigenvalue weighted by atomic mass is 10.2. The molecule has 0 aliphatic carbocycles.